The normalized spacial score (nSPS) is 16.9. The molecule has 6 heteroatoms. The van der Waals surface area contributed by atoms with Crippen LogP contribution in [0.5, 0.6) is 34.5 Å². The predicted molar refractivity (Wildman–Crippen MR) is 128 cm³/mol. The van der Waals surface area contributed by atoms with Gasteiger partial charge in [0.15, 0.2) is 0 Å². The molecular formula is C28H22O6. The Bertz CT molecular complexity index is 1350. The van der Waals surface area contributed by atoms with Crippen LogP contribution in [0.2, 0.25) is 0 Å². The third-order valence-electron chi connectivity index (χ3n) is 5.82. The number of hydrogen-bond donors (Lipinski definition) is 5. The summed E-state index contributed by atoms with van der Waals surface area (Å²) < 4.78 is 6.29. The summed E-state index contributed by atoms with van der Waals surface area (Å²) in [6.07, 6.45) is 3.21. The lowest BCUT2D eigenvalue weighted by Crippen LogP contribution is -2.11. The first-order valence-corrected chi connectivity index (χ1v) is 10.7. The average molecular weight is 454 g/mol. The minimum Gasteiger partial charge on any atom is -0.508 e. The zero-order valence-corrected chi connectivity index (χ0v) is 18.0. The molecule has 0 radical (unpaired) electrons. The monoisotopic (exact) mass is 454 g/mol. The van der Waals surface area contributed by atoms with Gasteiger partial charge >= 0.3 is 0 Å². The maximum absolute atomic E-state index is 10.1. The van der Waals surface area contributed by atoms with E-state index in [1.807, 2.05) is 24.3 Å². The Morgan fingerprint density at radius 2 is 1.12 bits per heavy atom. The van der Waals surface area contributed by atoms with Gasteiger partial charge in [-0.15, -0.1) is 0 Å². The molecular weight excluding hydrogens is 432 g/mol. The van der Waals surface area contributed by atoms with Crippen LogP contribution in [-0.2, 0) is 0 Å². The standard InChI is InChI=1S/C28H22O6/c29-20-6-4-18(5-7-20)28-27(19-12-23(32)15-24(33)13-19)25-11-16(3-8-26(25)34-28)1-2-17-9-21(30)14-22(31)10-17/h1-15,27-33H/t27-,28+/m0/s1. The molecule has 0 saturated carbocycles. The van der Waals surface area contributed by atoms with Crippen molar-refractivity contribution < 1.29 is 30.3 Å². The minimum absolute atomic E-state index is 0.0255. The third kappa shape index (κ3) is 4.21. The van der Waals surface area contributed by atoms with Crippen molar-refractivity contribution in [2.45, 2.75) is 12.0 Å². The number of aromatic hydroxyl groups is 5. The van der Waals surface area contributed by atoms with Crippen molar-refractivity contribution in [1.82, 2.24) is 0 Å². The Kier molecular flexibility index (Phi) is 5.26. The molecule has 0 spiro atoms. The second-order valence-electron chi connectivity index (χ2n) is 8.30. The molecule has 0 saturated heterocycles. The van der Waals surface area contributed by atoms with E-state index in [0.29, 0.717) is 16.9 Å². The van der Waals surface area contributed by atoms with Crippen molar-refractivity contribution in [1.29, 1.82) is 0 Å². The molecule has 0 unspecified atom stereocenters. The fourth-order valence-corrected chi connectivity index (χ4v) is 4.37. The van der Waals surface area contributed by atoms with Gasteiger partial charge in [0, 0.05) is 17.7 Å². The van der Waals surface area contributed by atoms with Crippen LogP contribution in [-0.4, -0.2) is 25.5 Å². The molecule has 0 aromatic heterocycles. The van der Waals surface area contributed by atoms with E-state index >= 15 is 0 Å². The number of phenolic OH excluding ortho intramolecular Hbond substituents is 5. The first-order chi connectivity index (χ1) is 16.4. The average Bonchev–Trinajstić information content (AvgIpc) is 3.15. The summed E-state index contributed by atoms with van der Waals surface area (Å²) in [4.78, 5) is 0. The molecule has 1 heterocycles. The largest absolute Gasteiger partial charge is 0.508 e. The smallest absolute Gasteiger partial charge is 0.135 e. The molecule has 5 N–H and O–H groups in total. The van der Waals surface area contributed by atoms with E-state index in [4.69, 9.17) is 4.74 Å². The highest BCUT2D eigenvalue weighted by Crippen LogP contribution is 2.51. The number of benzene rings is 4. The third-order valence-corrected chi connectivity index (χ3v) is 5.82. The molecule has 4 aromatic rings. The van der Waals surface area contributed by atoms with E-state index in [0.717, 1.165) is 16.7 Å². The lowest BCUT2D eigenvalue weighted by molar-refractivity contribution is 0.222. The molecule has 4 aromatic carbocycles. The van der Waals surface area contributed by atoms with Gasteiger partial charge in [0.05, 0.1) is 5.92 Å². The van der Waals surface area contributed by atoms with Crippen LogP contribution in [0.3, 0.4) is 0 Å². The minimum atomic E-state index is -0.431. The molecule has 0 bridgehead atoms. The lowest BCUT2D eigenvalue weighted by atomic mass is 9.84. The second-order valence-corrected chi connectivity index (χ2v) is 8.30. The molecule has 5 rings (SSSR count). The fourth-order valence-electron chi connectivity index (χ4n) is 4.37. The number of phenols is 5. The number of ether oxygens (including phenoxy) is 1. The van der Waals surface area contributed by atoms with Crippen molar-refractivity contribution in [2.24, 2.45) is 0 Å². The van der Waals surface area contributed by atoms with Gasteiger partial charge in [-0.3, -0.25) is 0 Å². The topological polar surface area (TPSA) is 110 Å². The van der Waals surface area contributed by atoms with Crippen molar-refractivity contribution in [3.8, 4) is 34.5 Å². The van der Waals surface area contributed by atoms with E-state index in [1.165, 1.54) is 12.1 Å². The maximum atomic E-state index is 10.1. The summed E-state index contributed by atoms with van der Waals surface area (Å²) in [7, 11) is 0. The molecule has 0 amide bonds. The van der Waals surface area contributed by atoms with Gasteiger partial charge in [-0.25, -0.2) is 0 Å². The van der Waals surface area contributed by atoms with E-state index < -0.39 is 6.10 Å². The number of rotatable bonds is 4. The molecule has 170 valence electrons. The van der Waals surface area contributed by atoms with Crippen molar-refractivity contribution in [3.63, 3.8) is 0 Å². The fraction of sp³-hybridized carbons (Fsp3) is 0.0714. The summed E-state index contributed by atoms with van der Waals surface area (Å²) in [5, 5.41) is 49.4. The quantitative estimate of drug-likeness (QED) is 0.255. The summed E-state index contributed by atoms with van der Waals surface area (Å²) in [6.45, 7) is 0. The molecule has 6 nitrogen and oxygen atoms in total. The van der Waals surface area contributed by atoms with Crippen LogP contribution < -0.4 is 4.74 Å². The van der Waals surface area contributed by atoms with Crippen LogP contribution in [0.15, 0.2) is 78.9 Å². The Morgan fingerprint density at radius 1 is 0.529 bits per heavy atom. The molecule has 0 aliphatic carbocycles. The predicted octanol–water partition coefficient (Wildman–Crippen LogP) is 5.65. The summed E-state index contributed by atoms with van der Waals surface area (Å²) in [5.74, 6) is 0.357. The summed E-state index contributed by atoms with van der Waals surface area (Å²) in [5.41, 5.74) is 3.92. The van der Waals surface area contributed by atoms with Gasteiger partial charge in [-0.2, -0.15) is 0 Å². The van der Waals surface area contributed by atoms with E-state index in [2.05, 4.69) is 0 Å². The molecule has 2 atom stereocenters. The van der Waals surface area contributed by atoms with Gasteiger partial charge in [0.1, 0.15) is 40.6 Å². The summed E-state index contributed by atoms with van der Waals surface area (Å²) >= 11 is 0. The van der Waals surface area contributed by atoms with Crippen LogP contribution in [0.4, 0.5) is 0 Å². The van der Waals surface area contributed by atoms with Crippen LogP contribution >= 0.6 is 0 Å². The van der Waals surface area contributed by atoms with Crippen LogP contribution in [0.1, 0.15) is 39.8 Å². The van der Waals surface area contributed by atoms with Gasteiger partial charge in [0.2, 0.25) is 0 Å². The number of hydrogen-bond acceptors (Lipinski definition) is 6. The highest BCUT2D eigenvalue weighted by molar-refractivity contribution is 5.72. The molecule has 0 fully saturated rings. The van der Waals surface area contributed by atoms with Gasteiger partial charge in [-0.05, 0) is 70.8 Å². The van der Waals surface area contributed by atoms with Gasteiger partial charge in [-0.1, -0.05) is 30.4 Å². The zero-order chi connectivity index (χ0) is 23.8. The zero-order valence-electron chi connectivity index (χ0n) is 18.0. The Hall–Kier alpha value is -4.58. The van der Waals surface area contributed by atoms with Crippen molar-refractivity contribution >= 4 is 12.2 Å². The lowest BCUT2D eigenvalue weighted by Gasteiger charge is -2.20. The van der Waals surface area contributed by atoms with Crippen molar-refractivity contribution in [2.75, 3.05) is 0 Å². The second kappa shape index (κ2) is 8.41. The summed E-state index contributed by atoms with van der Waals surface area (Å²) in [6, 6.07) is 21.4. The van der Waals surface area contributed by atoms with Crippen LogP contribution in [0.25, 0.3) is 12.2 Å². The molecule has 1 aliphatic rings. The van der Waals surface area contributed by atoms with Crippen molar-refractivity contribution in [3.05, 3.63) is 107 Å². The van der Waals surface area contributed by atoms with E-state index in [9.17, 15) is 25.5 Å². The maximum Gasteiger partial charge on any atom is 0.135 e. The van der Waals surface area contributed by atoms with Gasteiger partial charge < -0.3 is 30.3 Å². The van der Waals surface area contributed by atoms with E-state index in [-0.39, 0.29) is 34.7 Å². The van der Waals surface area contributed by atoms with E-state index in [1.54, 1.807) is 54.6 Å². The highest BCUT2D eigenvalue weighted by atomic mass is 16.5. The number of fused-ring (bicyclic) bond motifs is 1. The Morgan fingerprint density at radius 3 is 1.76 bits per heavy atom. The first-order valence-electron chi connectivity index (χ1n) is 10.7. The first kappa shape index (κ1) is 21.3. The van der Waals surface area contributed by atoms with Crippen LogP contribution in [0, 0.1) is 0 Å². The SMILES string of the molecule is Oc1ccc([C@H]2Oc3ccc(C=Cc4cc(O)cc(O)c4)cc3[C@@H]2c2cc(O)cc(O)c2)cc1. The Labute approximate surface area is 195 Å². The molecule has 34 heavy (non-hydrogen) atoms. The molecule has 1 aliphatic heterocycles. The Balaban J connectivity index is 1.57. The highest BCUT2D eigenvalue weighted by Gasteiger charge is 2.37. The van der Waals surface area contributed by atoms with Gasteiger partial charge in [0.25, 0.3) is 0 Å².